The molecule has 3 saturated heterocycles. The molecular formula is C19H33N3O2. The molecule has 4 aliphatic rings. The maximum atomic E-state index is 12.5. The van der Waals surface area contributed by atoms with E-state index >= 15 is 0 Å². The van der Waals surface area contributed by atoms with Gasteiger partial charge in [-0.25, -0.2) is 4.79 Å². The van der Waals surface area contributed by atoms with Gasteiger partial charge in [-0.2, -0.15) is 0 Å². The fourth-order valence-corrected chi connectivity index (χ4v) is 5.51. The molecule has 3 atom stereocenters. The average molecular weight is 335 g/mol. The molecule has 4 fully saturated rings. The van der Waals surface area contributed by atoms with Gasteiger partial charge in [0.25, 0.3) is 0 Å². The smallest absolute Gasteiger partial charge is 0.315 e. The number of hydrogen-bond donors (Lipinski definition) is 2. The standard InChI is InChI=1S/C19H33N3O2/c23-18(21-16-7-12-22-11-5-2-6-17(16)22)20-15-8-13-24-19(14-15)9-3-1-4-10-19/h15-17H,1-14H2,(H2,20,21,23). The molecule has 2 N–H and O–H groups in total. The molecule has 2 amide bonds. The Balaban J connectivity index is 1.28. The molecule has 1 saturated carbocycles. The van der Waals surface area contributed by atoms with Crippen molar-refractivity contribution in [3.8, 4) is 0 Å². The summed E-state index contributed by atoms with van der Waals surface area (Å²) >= 11 is 0. The molecule has 5 heteroatoms. The Bertz CT molecular complexity index is 444. The van der Waals surface area contributed by atoms with Gasteiger partial charge in [-0.15, -0.1) is 0 Å². The van der Waals surface area contributed by atoms with Gasteiger partial charge >= 0.3 is 6.03 Å². The summed E-state index contributed by atoms with van der Waals surface area (Å²) < 4.78 is 6.14. The van der Waals surface area contributed by atoms with Crippen LogP contribution in [0.25, 0.3) is 0 Å². The Morgan fingerprint density at radius 3 is 2.71 bits per heavy atom. The number of piperidine rings is 1. The highest BCUT2D eigenvalue weighted by Gasteiger charge is 2.40. The van der Waals surface area contributed by atoms with Crippen LogP contribution in [0.15, 0.2) is 0 Å². The van der Waals surface area contributed by atoms with Crippen molar-refractivity contribution >= 4 is 6.03 Å². The van der Waals surface area contributed by atoms with E-state index in [9.17, 15) is 4.79 Å². The summed E-state index contributed by atoms with van der Waals surface area (Å²) in [5, 5.41) is 6.55. The molecule has 1 spiro atoms. The first-order valence-corrected chi connectivity index (χ1v) is 10.2. The van der Waals surface area contributed by atoms with Crippen LogP contribution in [-0.2, 0) is 4.74 Å². The molecular weight excluding hydrogens is 302 g/mol. The molecule has 0 radical (unpaired) electrons. The topological polar surface area (TPSA) is 53.6 Å². The Kier molecular flexibility index (Phi) is 5.00. The molecule has 1 aliphatic carbocycles. The number of hydrogen-bond acceptors (Lipinski definition) is 3. The van der Waals surface area contributed by atoms with E-state index in [4.69, 9.17) is 4.74 Å². The maximum absolute atomic E-state index is 12.5. The number of nitrogens with zero attached hydrogens (tertiary/aromatic N) is 1. The molecule has 3 unspecified atom stereocenters. The van der Waals surface area contributed by atoms with Crippen LogP contribution in [-0.4, -0.2) is 54.4 Å². The molecule has 4 rings (SSSR count). The van der Waals surface area contributed by atoms with Crippen molar-refractivity contribution in [2.45, 2.75) is 94.4 Å². The predicted molar refractivity (Wildman–Crippen MR) is 94.1 cm³/mol. The van der Waals surface area contributed by atoms with E-state index in [0.29, 0.717) is 12.1 Å². The van der Waals surface area contributed by atoms with Gasteiger partial charge in [0.1, 0.15) is 0 Å². The van der Waals surface area contributed by atoms with Crippen LogP contribution in [0.4, 0.5) is 4.79 Å². The lowest BCUT2D eigenvalue weighted by molar-refractivity contribution is -0.107. The predicted octanol–water partition coefficient (Wildman–Crippen LogP) is 2.79. The molecule has 3 heterocycles. The highest BCUT2D eigenvalue weighted by Crippen LogP contribution is 2.38. The van der Waals surface area contributed by atoms with Crippen LogP contribution in [0.5, 0.6) is 0 Å². The van der Waals surface area contributed by atoms with Crippen LogP contribution in [0.1, 0.15) is 70.6 Å². The number of amides is 2. The fourth-order valence-electron chi connectivity index (χ4n) is 5.51. The zero-order chi connectivity index (χ0) is 16.4. The van der Waals surface area contributed by atoms with Crippen molar-refractivity contribution in [3.63, 3.8) is 0 Å². The van der Waals surface area contributed by atoms with E-state index in [-0.39, 0.29) is 17.7 Å². The Morgan fingerprint density at radius 2 is 1.83 bits per heavy atom. The molecule has 24 heavy (non-hydrogen) atoms. The average Bonchev–Trinajstić information content (AvgIpc) is 2.99. The number of rotatable bonds is 2. The highest BCUT2D eigenvalue weighted by atomic mass is 16.5. The van der Waals surface area contributed by atoms with Crippen LogP contribution in [0, 0.1) is 0 Å². The zero-order valence-electron chi connectivity index (χ0n) is 14.9. The first-order chi connectivity index (χ1) is 11.7. The summed E-state index contributed by atoms with van der Waals surface area (Å²) in [6.45, 7) is 3.16. The zero-order valence-corrected chi connectivity index (χ0v) is 14.9. The molecule has 5 nitrogen and oxygen atoms in total. The Labute approximate surface area is 145 Å². The quantitative estimate of drug-likeness (QED) is 0.816. The number of fused-ring (bicyclic) bond motifs is 1. The van der Waals surface area contributed by atoms with Gasteiger partial charge in [-0.3, -0.25) is 4.90 Å². The van der Waals surface area contributed by atoms with Crippen LogP contribution >= 0.6 is 0 Å². The van der Waals surface area contributed by atoms with E-state index in [0.717, 1.165) is 32.4 Å². The van der Waals surface area contributed by atoms with Crippen LogP contribution in [0.2, 0.25) is 0 Å². The maximum Gasteiger partial charge on any atom is 0.315 e. The molecule has 0 aromatic heterocycles. The van der Waals surface area contributed by atoms with E-state index in [1.807, 2.05) is 0 Å². The number of carbonyl (C=O) groups is 1. The third-order valence-electron chi connectivity index (χ3n) is 6.77. The minimum Gasteiger partial charge on any atom is -0.375 e. The summed E-state index contributed by atoms with van der Waals surface area (Å²) in [4.78, 5) is 15.1. The summed E-state index contributed by atoms with van der Waals surface area (Å²) in [5.41, 5.74) is 0.0575. The van der Waals surface area contributed by atoms with Gasteiger partial charge in [0.05, 0.1) is 5.60 Å². The second-order valence-electron chi connectivity index (χ2n) is 8.39. The minimum atomic E-state index is 0.0466. The van der Waals surface area contributed by atoms with Gasteiger partial charge < -0.3 is 15.4 Å². The van der Waals surface area contributed by atoms with Crippen molar-refractivity contribution in [1.29, 1.82) is 0 Å². The molecule has 0 aromatic carbocycles. The molecule has 0 aromatic rings. The van der Waals surface area contributed by atoms with Crippen LogP contribution in [0.3, 0.4) is 0 Å². The number of nitrogens with one attached hydrogen (secondary N) is 2. The lowest BCUT2D eigenvalue weighted by atomic mass is 9.78. The van der Waals surface area contributed by atoms with Crippen LogP contribution < -0.4 is 10.6 Å². The van der Waals surface area contributed by atoms with Crippen molar-refractivity contribution in [1.82, 2.24) is 15.5 Å². The van der Waals surface area contributed by atoms with Crippen molar-refractivity contribution < 1.29 is 9.53 Å². The van der Waals surface area contributed by atoms with Crippen molar-refractivity contribution in [3.05, 3.63) is 0 Å². The van der Waals surface area contributed by atoms with E-state index in [1.165, 1.54) is 57.9 Å². The van der Waals surface area contributed by atoms with Gasteiger partial charge in [0.15, 0.2) is 0 Å². The van der Waals surface area contributed by atoms with Gasteiger partial charge in [0, 0.05) is 31.3 Å². The largest absolute Gasteiger partial charge is 0.375 e. The monoisotopic (exact) mass is 335 g/mol. The van der Waals surface area contributed by atoms with Crippen molar-refractivity contribution in [2.24, 2.45) is 0 Å². The number of urea groups is 1. The summed E-state index contributed by atoms with van der Waals surface area (Å²) in [6.07, 6.45) is 13.2. The second-order valence-corrected chi connectivity index (χ2v) is 8.39. The van der Waals surface area contributed by atoms with Crippen molar-refractivity contribution in [2.75, 3.05) is 19.7 Å². The van der Waals surface area contributed by atoms with Gasteiger partial charge in [0.2, 0.25) is 0 Å². The normalized spacial score (nSPS) is 36.2. The first kappa shape index (κ1) is 16.6. The first-order valence-electron chi connectivity index (χ1n) is 10.2. The fraction of sp³-hybridized carbons (Fsp3) is 0.947. The SMILES string of the molecule is O=C(NC1CCOC2(CCCCC2)C1)NC1CCN2CCCCC12. The van der Waals surface area contributed by atoms with Gasteiger partial charge in [-0.1, -0.05) is 25.7 Å². The third kappa shape index (κ3) is 3.57. The minimum absolute atomic E-state index is 0.0466. The van der Waals surface area contributed by atoms with E-state index in [2.05, 4.69) is 15.5 Å². The summed E-state index contributed by atoms with van der Waals surface area (Å²) in [6, 6.07) is 1.24. The third-order valence-corrected chi connectivity index (χ3v) is 6.77. The number of carbonyl (C=O) groups excluding carboxylic acids is 1. The molecule has 3 aliphatic heterocycles. The highest BCUT2D eigenvalue weighted by molar-refractivity contribution is 5.74. The summed E-state index contributed by atoms with van der Waals surface area (Å²) in [7, 11) is 0. The lowest BCUT2D eigenvalue weighted by Gasteiger charge is -2.43. The number of ether oxygens (including phenoxy) is 1. The van der Waals surface area contributed by atoms with E-state index < -0.39 is 0 Å². The molecule has 136 valence electrons. The summed E-state index contributed by atoms with van der Waals surface area (Å²) in [5.74, 6) is 0. The molecule has 0 bridgehead atoms. The van der Waals surface area contributed by atoms with E-state index in [1.54, 1.807) is 0 Å². The second kappa shape index (κ2) is 7.20. The Morgan fingerprint density at radius 1 is 0.958 bits per heavy atom. The Hall–Kier alpha value is -0.810. The lowest BCUT2D eigenvalue weighted by Crippen LogP contribution is -2.54. The van der Waals surface area contributed by atoms with Gasteiger partial charge in [-0.05, 0) is 51.5 Å².